The standard InChI is InChI=1S/C17H14N4O2S2/c1-21(17-19-11-5-2-3-7-14(11)25-17)9-15(22)20-16-18-12(10-24-16)13-6-4-8-23-13/h2-8,10H,9H2,1H3,(H,18,20,22). The molecule has 0 fully saturated rings. The number of para-hydroxylation sites is 1. The summed E-state index contributed by atoms with van der Waals surface area (Å²) in [6, 6.07) is 11.6. The van der Waals surface area contributed by atoms with E-state index < -0.39 is 0 Å². The van der Waals surface area contributed by atoms with E-state index in [0.29, 0.717) is 16.6 Å². The highest BCUT2D eigenvalue weighted by Crippen LogP contribution is 2.28. The second kappa shape index (κ2) is 6.66. The molecule has 6 nitrogen and oxygen atoms in total. The summed E-state index contributed by atoms with van der Waals surface area (Å²) >= 11 is 2.93. The summed E-state index contributed by atoms with van der Waals surface area (Å²) in [5.41, 5.74) is 1.66. The molecule has 25 heavy (non-hydrogen) atoms. The molecule has 0 aliphatic rings. The third-order valence-electron chi connectivity index (χ3n) is 3.51. The zero-order valence-electron chi connectivity index (χ0n) is 13.3. The Labute approximate surface area is 151 Å². The lowest BCUT2D eigenvalue weighted by molar-refractivity contribution is -0.114. The molecule has 0 bridgehead atoms. The molecule has 1 amide bonds. The lowest BCUT2D eigenvalue weighted by Crippen LogP contribution is -2.29. The molecule has 0 saturated carbocycles. The van der Waals surface area contributed by atoms with Crippen molar-refractivity contribution in [1.29, 1.82) is 0 Å². The average Bonchev–Trinajstić information content (AvgIpc) is 3.34. The molecule has 0 saturated heterocycles. The highest BCUT2D eigenvalue weighted by Gasteiger charge is 2.14. The number of furan rings is 1. The van der Waals surface area contributed by atoms with Crippen LogP contribution >= 0.6 is 22.7 Å². The van der Waals surface area contributed by atoms with Crippen molar-refractivity contribution < 1.29 is 9.21 Å². The fraction of sp³-hybridized carbons (Fsp3) is 0.118. The first-order chi connectivity index (χ1) is 12.2. The number of carbonyl (C=O) groups excluding carboxylic acids is 1. The summed E-state index contributed by atoms with van der Waals surface area (Å²) in [4.78, 5) is 23.0. The van der Waals surface area contributed by atoms with Crippen LogP contribution in [0.2, 0.25) is 0 Å². The molecule has 0 aliphatic heterocycles. The van der Waals surface area contributed by atoms with Gasteiger partial charge in [0.15, 0.2) is 16.0 Å². The van der Waals surface area contributed by atoms with Gasteiger partial charge in [-0.2, -0.15) is 0 Å². The molecule has 3 aromatic heterocycles. The van der Waals surface area contributed by atoms with Crippen LogP contribution in [-0.2, 0) is 4.79 Å². The van der Waals surface area contributed by atoms with Crippen molar-refractivity contribution in [2.75, 3.05) is 23.8 Å². The summed E-state index contributed by atoms with van der Waals surface area (Å²) in [6.45, 7) is 0.204. The number of benzene rings is 1. The normalized spacial score (nSPS) is 10.9. The molecule has 0 unspecified atom stereocenters. The van der Waals surface area contributed by atoms with Crippen molar-refractivity contribution >= 4 is 49.1 Å². The van der Waals surface area contributed by atoms with Gasteiger partial charge in [-0.3, -0.25) is 4.79 Å². The van der Waals surface area contributed by atoms with Crippen LogP contribution in [0.4, 0.5) is 10.3 Å². The molecular weight excluding hydrogens is 356 g/mol. The Hall–Kier alpha value is -2.71. The number of hydrogen-bond acceptors (Lipinski definition) is 7. The largest absolute Gasteiger partial charge is 0.463 e. The molecule has 8 heteroatoms. The third kappa shape index (κ3) is 3.40. The maximum atomic E-state index is 12.3. The Kier molecular flexibility index (Phi) is 4.21. The molecule has 1 aromatic carbocycles. The van der Waals surface area contributed by atoms with Crippen LogP contribution in [0.5, 0.6) is 0 Å². The van der Waals surface area contributed by atoms with Gasteiger partial charge < -0.3 is 14.6 Å². The van der Waals surface area contributed by atoms with Gasteiger partial charge >= 0.3 is 0 Å². The lowest BCUT2D eigenvalue weighted by Gasteiger charge is -2.14. The fourth-order valence-electron chi connectivity index (χ4n) is 2.33. The number of rotatable bonds is 5. The number of amides is 1. The molecular formula is C17H14N4O2S2. The van der Waals surface area contributed by atoms with Gasteiger partial charge in [0.05, 0.1) is 23.0 Å². The number of carbonyl (C=O) groups is 1. The van der Waals surface area contributed by atoms with E-state index in [1.807, 2.05) is 47.7 Å². The number of likely N-dealkylation sites (N-methyl/N-ethyl adjacent to an activating group) is 1. The molecule has 0 spiro atoms. The predicted molar refractivity (Wildman–Crippen MR) is 101 cm³/mol. The first-order valence-electron chi connectivity index (χ1n) is 7.55. The zero-order valence-corrected chi connectivity index (χ0v) is 14.9. The molecule has 1 N–H and O–H groups in total. The van der Waals surface area contributed by atoms with Crippen molar-refractivity contribution in [2.45, 2.75) is 0 Å². The quantitative estimate of drug-likeness (QED) is 0.573. The molecule has 4 aromatic rings. The van der Waals surface area contributed by atoms with Crippen LogP contribution in [0.3, 0.4) is 0 Å². The second-order valence-electron chi connectivity index (χ2n) is 5.38. The number of thiazole rings is 2. The zero-order chi connectivity index (χ0) is 17.2. The van der Waals surface area contributed by atoms with Crippen molar-refractivity contribution in [3.63, 3.8) is 0 Å². The molecule has 0 atom stereocenters. The molecule has 126 valence electrons. The predicted octanol–water partition coefficient (Wildman–Crippen LogP) is 4.09. The van der Waals surface area contributed by atoms with E-state index in [-0.39, 0.29) is 12.5 Å². The Balaban J connectivity index is 1.41. The Morgan fingerprint density at radius 2 is 2.12 bits per heavy atom. The lowest BCUT2D eigenvalue weighted by atomic mass is 10.3. The molecule has 0 aliphatic carbocycles. The Morgan fingerprint density at radius 3 is 2.92 bits per heavy atom. The van der Waals surface area contributed by atoms with Crippen LogP contribution in [0, 0.1) is 0 Å². The summed E-state index contributed by atoms with van der Waals surface area (Å²) in [5.74, 6) is 0.547. The first kappa shape index (κ1) is 15.8. The molecule has 3 heterocycles. The number of hydrogen-bond donors (Lipinski definition) is 1. The highest BCUT2D eigenvalue weighted by atomic mass is 32.1. The van der Waals surface area contributed by atoms with E-state index in [1.165, 1.54) is 11.3 Å². The molecule has 0 radical (unpaired) electrons. The summed E-state index contributed by atoms with van der Waals surface area (Å²) in [5, 5.41) is 6.04. The van der Waals surface area contributed by atoms with Gasteiger partial charge in [-0.05, 0) is 24.3 Å². The number of anilines is 2. The number of nitrogens with one attached hydrogen (secondary N) is 1. The van der Waals surface area contributed by atoms with E-state index in [1.54, 1.807) is 23.7 Å². The number of nitrogens with zero attached hydrogens (tertiary/aromatic N) is 3. The molecule has 4 rings (SSSR count). The van der Waals surface area contributed by atoms with E-state index >= 15 is 0 Å². The van der Waals surface area contributed by atoms with Gasteiger partial charge in [0, 0.05) is 12.4 Å². The van der Waals surface area contributed by atoms with Crippen molar-refractivity contribution in [3.05, 3.63) is 48.0 Å². The van der Waals surface area contributed by atoms with Crippen molar-refractivity contribution in [1.82, 2.24) is 9.97 Å². The first-order valence-corrected chi connectivity index (χ1v) is 9.24. The third-order valence-corrected chi connectivity index (χ3v) is 5.42. The topological polar surface area (TPSA) is 71.3 Å². The minimum Gasteiger partial charge on any atom is -0.463 e. The average molecular weight is 370 g/mol. The number of aromatic nitrogens is 2. The SMILES string of the molecule is CN(CC(=O)Nc1nc(-c2ccco2)cs1)c1nc2ccccc2s1. The van der Waals surface area contributed by atoms with Gasteiger partial charge in [0.1, 0.15) is 5.69 Å². The van der Waals surface area contributed by atoms with Gasteiger partial charge in [0.25, 0.3) is 0 Å². The monoisotopic (exact) mass is 370 g/mol. The maximum absolute atomic E-state index is 12.3. The smallest absolute Gasteiger partial charge is 0.245 e. The highest BCUT2D eigenvalue weighted by molar-refractivity contribution is 7.22. The number of fused-ring (bicyclic) bond motifs is 1. The minimum atomic E-state index is -0.137. The van der Waals surface area contributed by atoms with E-state index in [0.717, 1.165) is 15.3 Å². The minimum absolute atomic E-state index is 0.137. The van der Waals surface area contributed by atoms with Gasteiger partial charge in [-0.25, -0.2) is 9.97 Å². The van der Waals surface area contributed by atoms with Crippen LogP contribution in [0.25, 0.3) is 21.7 Å². The van der Waals surface area contributed by atoms with E-state index in [2.05, 4.69) is 15.3 Å². The Bertz CT molecular complexity index is 974. The second-order valence-corrected chi connectivity index (χ2v) is 7.25. The van der Waals surface area contributed by atoms with Crippen molar-refractivity contribution in [3.8, 4) is 11.5 Å². The summed E-state index contributed by atoms with van der Waals surface area (Å²) in [6.07, 6.45) is 1.60. The van der Waals surface area contributed by atoms with E-state index in [9.17, 15) is 4.79 Å². The van der Waals surface area contributed by atoms with Crippen molar-refractivity contribution in [2.24, 2.45) is 0 Å². The van der Waals surface area contributed by atoms with Gasteiger partial charge in [0.2, 0.25) is 5.91 Å². The fourth-order valence-corrected chi connectivity index (χ4v) is 3.98. The van der Waals surface area contributed by atoms with Crippen LogP contribution < -0.4 is 10.2 Å². The van der Waals surface area contributed by atoms with Crippen LogP contribution in [0.15, 0.2) is 52.5 Å². The Morgan fingerprint density at radius 1 is 1.24 bits per heavy atom. The van der Waals surface area contributed by atoms with Crippen LogP contribution in [0.1, 0.15) is 0 Å². The summed E-state index contributed by atoms with van der Waals surface area (Å²) < 4.78 is 6.41. The van der Waals surface area contributed by atoms with Gasteiger partial charge in [-0.1, -0.05) is 23.5 Å². The van der Waals surface area contributed by atoms with Gasteiger partial charge in [-0.15, -0.1) is 11.3 Å². The maximum Gasteiger partial charge on any atom is 0.245 e. The van der Waals surface area contributed by atoms with Crippen LogP contribution in [-0.4, -0.2) is 29.5 Å². The summed E-state index contributed by atoms with van der Waals surface area (Å²) in [7, 11) is 1.85. The van der Waals surface area contributed by atoms with E-state index in [4.69, 9.17) is 4.42 Å².